The maximum absolute atomic E-state index is 5.59. The van der Waals surface area contributed by atoms with E-state index in [0.717, 1.165) is 45.5 Å². The first-order valence-electron chi connectivity index (χ1n) is 5.44. The molecule has 0 aromatic heterocycles. The highest BCUT2D eigenvalue weighted by atomic mass is 16.5. The summed E-state index contributed by atoms with van der Waals surface area (Å²) >= 11 is 0. The van der Waals surface area contributed by atoms with E-state index >= 15 is 0 Å². The van der Waals surface area contributed by atoms with Crippen LogP contribution in [0.3, 0.4) is 0 Å². The largest absolute Gasteiger partial charge is 0.382 e. The van der Waals surface area contributed by atoms with E-state index in [1.54, 1.807) is 0 Å². The van der Waals surface area contributed by atoms with Gasteiger partial charge in [0.05, 0.1) is 6.10 Å². The molecule has 0 aromatic rings. The van der Waals surface area contributed by atoms with Crippen LogP contribution in [-0.2, 0) is 9.47 Å². The summed E-state index contributed by atoms with van der Waals surface area (Å²) in [5.74, 6) is 2.63. The van der Waals surface area contributed by atoms with E-state index < -0.39 is 0 Å². The summed E-state index contributed by atoms with van der Waals surface area (Å²) < 4.78 is 10.8. The van der Waals surface area contributed by atoms with E-state index in [-0.39, 0.29) is 0 Å². The van der Waals surface area contributed by atoms with Crippen molar-refractivity contribution in [2.24, 2.45) is 0 Å². The minimum atomic E-state index is 0.324. The zero-order chi connectivity index (χ0) is 10.6. The fourth-order valence-corrected chi connectivity index (χ4v) is 1.16. The third-order valence-corrected chi connectivity index (χ3v) is 1.97. The van der Waals surface area contributed by atoms with Gasteiger partial charge in [0.2, 0.25) is 0 Å². The predicted octanol–water partition coefficient (Wildman–Crippen LogP) is 2.62. The molecular formula is C12H22O2. The van der Waals surface area contributed by atoms with Crippen LogP contribution < -0.4 is 0 Å². The summed E-state index contributed by atoms with van der Waals surface area (Å²) in [5.41, 5.74) is 0. The minimum Gasteiger partial charge on any atom is -0.382 e. The Kier molecular flexibility index (Phi) is 10.2. The monoisotopic (exact) mass is 198 g/mol. The normalized spacial score (nSPS) is 12.4. The van der Waals surface area contributed by atoms with E-state index in [2.05, 4.69) is 12.8 Å². The third kappa shape index (κ3) is 9.57. The molecule has 2 heteroatoms. The molecule has 0 N–H and O–H groups in total. The quantitative estimate of drug-likeness (QED) is 0.419. The fourth-order valence-electron chi connectivity index (χ4n) is 1.16. The number of rotatable bonds is 9. The Morgan fingerprint density at radius 2 is 2.07 bits per heavy atom. The van der Waals surface area contributed by atoms with E-state index in [0.29, 0.717) is 6.10 Å². The molecule has 0 amide bonds. The molecule has 1 unspecified atom stereocenters. The van der Waals surface area contributed by atoms with Crippen LogP contribution in [0.2, 0.25) is 0 Å². The molecule has 0 fully saturated rings. The van der Waals surface area contributed by atoms with Gasteiger partial charge in [0.15, 0.2) is 0 Å². The first-order valence-corrected chi connectivity index (χ1v) is 5.44. The lowest BCUT2D eigenvalue weighted by Gasteiger charge is -2.11. The third-order valence-electron chi connectivity index (χ3n) is 1.97. The Morgan fingerprint density at radius 1 is 1.29 bits per heavy atom. The van der Waals surface area contributed by atoms with Crippen LogP contribution >= 0.6 is 0 Å². The number of hydrogen-bond acceptors (Lipinski definition) is 2. The number of hydrogen-bond donors (Lipinski definition) is 0. The summed E-state index contributed by atoms with van der Waals surface area (Å²) in [6, 6.07) is 0. The Labute approximate surface area is 88.0 Å². The molecule has 0 bridgehead atoms. The highest BCUT2D eigenvalue weighted by Gasteiger charge is 2.00. The second kappa shape index (κ2) is 10.6. The van der Waals surface area contributed by atoms with Crippen molar-refractivity contribution < 1.29 is 9.47 Å². The highest BCUT2D eigenvalue weighted by Crippen LogP contribution is 2.04. The first-order chi connectivity index (χ1) is 6.81. The summed E-state index contributed by atoms with van der Waals surface area (Å²) in [7, 11) is 0. The summed E-state index contributed by atoms with van der Waals surface area (Å²) in [6.07, 6.45) is 9.43. The zero-order valence-corrected chi connectivity index (χ0v) is 9.42. The van der Waals surface area contributed by atoms with Crippen molar-refractivity contribution in [1.82, 2.24) is 0 Å². The van der Waals surface area contributed by atoms with Crippen LogP contribution in [0, 0.1) is 12.3 Å². The van der Waals surface area contributed by atoms with Gasteiger partial charge in [0.25, 0.3) is 0 Å². The molecule has 0 saturated carbocycles. The van der Waals surface area contributed by atoms with Gasteiger partial charge >= 0.3 is 0 Å². The first kappa shape index (κ1) is 13.5. The predicted molar refractivity (Wildman–Crippen MR) is 59.2 cm³/mol. The van der Waals surface area contributed by atoms with Gasteiger partial charge in [-0.05, 0) is 33.1 Å². The van der Waals surface area contributed by atoms with Crippen LogP contribution in [0.25, 0.3) is 0 Å². The standard InChI is InChI=1S/C12H22O2/c1-4-6-7-9-12(3)14-11-8-10-13-5-2/h1,12H,5-11H2,2-3H3. The molecular weight excluding hydrogens is 176 g/mol. The fraction of sp³-hybridized carbons (Fsp3) is 0.833. The SMILES string of the molecule is C#CCCCC(C)OCCCOCC. The molecule has 0 aliphatic heterocycles. The van der Waals surface area contributed by atoms with Crippen LogP contribution in [0.5, 0.6) is 0 Å². The second-order valence-electron chi connectivity index (χ2n) is 3.33. The van der Waals surface area contributed by atoms with Crippen molar-refractivity contribution in [3.63, 3.8) is 0 Å². The van der Waals surface area contributed by atoms with Gasteiger partial charge in [-0.25, -0.2) is 0 Å². The van der Waals surface area contributed by atoms with Crippen molar-refractivity contribution >= 4 is 0 Å². The average Bonchev–Trinajstić information content (AvgIpc) is 2.18. The van der Waals surface area contributed by atoms with Crippen LogP contribution in [0.4, 0.5) is 0 Å². The van der Waals surface area contributed by atoms with E-state index in [9.17, 15) is 0 Å². The molecule has 1 atom stereocenters. The van der Waals surface area contributed by atoms with Gasteiger partial charge in [0, 0.05) is 26.2 Å². The molecule has 2 nitrogen and oxygen atoms in total. The van der Waals surface area contributed by atoms with Crippen molar-refractivity contribution in [2.75, 3.05) is 19.8 Å². The minimum absolute atomic E-state index is 0.324. The van der Waals surface area contributed by atoms with Crippen molar-refractivity contribution in [3.8, 4) is 12.3 Å². The average molecular weight is 198 g/mol. The molecule has 14 heavy (non-hydrogen) atoms. The molecule has 0 saturated heterocycles. The topological polar surface area (TPSA) is 18.5 Å². The Hall–Kier alpha value is -0.520. The zero-order valence-electron chi connectivity index (χ0n) is 9.42. The van der Waals surface area contributed by atoms with E-state index in [1.165, 1.54) is 0 Å². The number of unbranched alkanes of at least 4 members (excludes halogenated alkanes) is 1. The highest BCUT2D eigenvalue weighted by molar-refractivity contribution is 4.83. The van der Waals surface area contributed by atoms with Gasteiger partial charge in [-0.15, -0.1) is 12.3 Å². The van der Waals surface area contributed by atoms with Crippen molar-refractivity contribution in [3.05, 3.63) is 0 Å². The maximum Gasteiger partial charge on any atom is 0.0547 e. The van der Waals surface area contributed by atoms with Crippen LogP contribution in [0.1, 0.15) is 39.5 Å². The van der Waals surface area contributed by atoms with Gasteiger partial charge in [-0.3, -0.25) is 0 Å². The summed E-state index contributed by atoms with van der Waals surface area (Å²) in [4.78, 5) is 0. The Bertz CT molecular complexity index is 149. The molecule has 0 aliphatic rings. The molecule has 0 aliphatic carbocycles. The summed E-state index contributed by atoms with van der Waals surface area (Å²) in [5, 5.41) is 0. The lowest BCUT2D eigenvalue weighted by Crippen LogP contribution is -2.10. The molecule has 0 spiro atoms. The number of ether oxygens (including phenoxy) is 2. The van der Waals surface area contributed by atoms with E-state index in [4.69, 9.17) is 15.9 Å². The van der Waals surface area contributed by atoms with Gasteiger partial charge in [-0.2, -0.15) is 0 Å². The summed E-state index contributed by atoms with van der Waals surface area (Å²) in [6.45, 7) is 6.48. The van der Waals surface area contributed by atoms with Crippen LogP contribution in [-0.4, -0.2) is 25.9 Å². The van der Waals surface area contributed by atoms with E-state index in [1.807, 2.05) is 6.92 Å². The smallest absolute Gasteiger partial charge is 0.0547 e. The van der Waals surface area contributed by atoms with Gasteiger partial charge in [-0.1, -0.05) is 0 Å². The molecule has 0 heterocycles. The van der Waals surface area contributed by atoms with Gasteiger partial charge in [0.1, 0.15) is 0 Å². The number of terminal acetylenes is 1. The Morgan fingerprint density at radius 3 is 2.71 bits per heavy atom. The molecule has 82 valence electrons. The van der Waals surface area contributed by atoms with Crippen molar-refractivity contribution in [2.45, 2.75) is 45.6 Å². The second-order valence-corrected chi connectivity index (χ2v) is 3.33. The lowest BCUT2D eigenvalue weighted by atomic mass is 10.2. The maximum atomic E-state index is 5.59. The molecule has 0 aromatic carbocycles. The molecule has 0 radical (unpaired) electrons. The molecule has 0 rings (SSSR count). The van der Waals surface area contributed by atoms with Crippen molar-refractivity contribution in [1.29, 1.82) is 0 Å². The van der Waals surface area contributed by atoms with Crippen LogP contribution in [0.15, 0.2) is 0 Å². The Balaban J connectivity index is 3.10. The van der Waals surface area contributed by atoms with Gasteiger partial charge < -0.3 is 9.47 Å². The lowest BCUT2D eigenvalue weighted by molar-refractivity contribution is 0.0396.